The summed E-state index contributed by atoms with van der Waals surface area (Å²) in [4.78, 5) is 33.7. The van der Waals surface area contributed by atoms with Gasteiger partial charge in [0.05, 0.1) is 19.4 Å². The van der Waals surface area contributed by atoms with E-state index in [-0.39, 0.29) is 11.6 Å². The minimum atomic E-state index is -0.393. The SMILES string of the molecule is Cc1c[nH]c(=O)n2c(C(=O)Nc3ccc(N4CCOCC4)cc3)cnc12. The summed E-state index contributed by atoms with van der Waals surface area (Å²) in [5, 5.41) is 2.82. The molecule has 4 rings (SSSR count). The molecule has 1 fully saturated rings. The number of H-pyrrole nitrogens is 1. The number of morpholine rings is 1. The van der Waals surface area contributed by atoms with Gasteiger partial charge in [-0.15, -0.1) is 0 Å². The third kappa shape index (κ3) is 2.95. The van der Waals surface area contributed by atoms with E-state index in [0.717, 1.165) is 37.6 Å². The number of imidazole rings is 1. The molecule has 26 heavy (non-hydrogen) atoms. The van der Waals surface area contributed by atoms with Crippen LogP contribution >= 0.6 is 0 Å². The van der Waals surface area contributed by atoms with Crippen molar-refractivity contribution in [2.45, 2.75) is 6.92 Å². The molecule has 1 aliphatic rings. The lowest BCUT2D eigenvalue weighted by molar-refractivity contribution is 0.102. The molecule has 0 bridgehead atoms. The van der Waals surface area contributed by atoms with Gasteiger partial charge in [-0.25, -0.2) is 14.2 Å². The van der Waals surface area contributed by atoms with Crippen molar-refractivity contribution in [3.63, 3.8) is 0 Å². The summed E-state index contributed by atoms with van der Waals surface area (Å²) in [6, 6.07) is 7.63. The van der Waals surface area contributed by atoms with E-state index in [2.05, 4.69) is 20.2 Å². The molecule has 0 unspecified atom stereocenters. The normalized spacial score (nSPS) is 14.6. The molecule has 8 nitrogen and oxygen atoms in total. The van der Waals surface area contributed by atoms with Crippen LogP contribution in [-0.4, -0.2) is 46.6 Å². The van der Waals surface area contributed by atoms with E-state index < -0.39 is 5.69 Å². The van der Waals surface area contributed by atoms with Crippen LogP contribution in [0, 0.1) is 6.92 Å². The fraction of sp³-hybridized carbons (Fsp3) is 0.278. The Morgan fingerprint density at radius 2 is 1.96 bits per heavy atom. The summed E-state index contributed by atoms with van der Waals surface area (Å²) < 4.78 is 6.64. The molecule has 1 aliphatic heterocycles. The molecule has 3 aromatic rings. The number of carbonyl (C=O) groups is 1. The number of ether oxygens (including phenoxy) is 1. The van der Waals surface area contributed by atoms with Crippen molar-refractivity contribution in [1.82, 2.24) is 14.4 Å². The fourth-order valence-corrected chi connectivity index (χ4v) is 3.07. The maximum Gasteiger partial charge on any atom is 0.331 e. The number of benzene rings is 1. The molecular weight excluding hydrogens is 334 g/mol. The number of rotatable bonds is 3. The summed E-state index contributed by atoms with van der Waals surface area (Å²) in [6.45, 7) is 4.98. The van der Waals surface area contributed by atoms with E-state index in [1.807, 2.05) is 31.2 Å². The summed E-state index contributed by atoms with van der Waals surface area (Å²) in [5.74, 6) is -0.382. The molecule has 0 saturated carbocycles. The predicted molar refractivity (Wildman–Crippen MR) is 98.0 cm³/mol. The van der Waals surface area contributed by atoms with Gasteiger partial charge in [0.1, 0.15) is 11.3 Å². The van der Waals surface area contributed by atoms with Crippen LogP contribution in [0.5, 0.6) is 0 Å². The molecular formula is C18H19N5O3. The highest BCUT2D eigenvalue weighted by Crippen LogP contribution is 2.19. The molecule has 0 aliphatic carbocycles. The topological polar surface area (TPSA) is 91.7 Å². The maximum atomic E-state index is 12.6. The first-order chi connectivity index (χ1) is 12.6. The maximum absolute atomic E-state index is 12.6. The highest BCUT2D eigenvalue weighted by atomic mass is 16.5. The van der Waals surface area contributed by atoms with Crippen molar-refractivity contribution in [2.24, 2.45) is 0 Å². The second-order valence-electron chi connectivity index (χ2n) is 6.18. The van der Waals surface area contributed by atoms with Crippen LogP contribution in [0.4, 0.5) is 11.4 Å². The zero-order valence-corrected chi connectivity index (χ0v) is 14.4. The van der Waals surface area contributed by atoms with Crippen LogP contribution in [0.2, 0.25) is 0 Å². The van der Waals surface area contributed by atoms with E-state index in [1.165, 1.54) is 10.6 Å². The number of nitrogens with one attached hydrogen (secondary N) is 2. The van der Waals surface area contributed by atoms with Crippen LogP contribution in [0.3, 0.4) is 0 Å². The molecule has 1 aromatic carbocycles. The number of hydrogen-bond acceptors (Lipinski definition) is 5. The van der Waals surface area contributed by atoms with Crippen molar-refractivity contribution in [3.05, 3.63) is 58.4 Å². The quantitative estimate of drug-likeness (QED) is 0.743. The van der Waals surface area contributed by atoms with Crippen molar-refractivity contribution in [3.8, 4) is 0 Å². The van der Waals surface area contributed by atoms with Crippen LogP contribution in [0.25, 0.3) is 5.65 Å². The van der Waals surface area contributed by atoms with Gasteiger partial charge in [-0.1, -0.05) is 0 Å². The number of aromatic nitrogens is 3. The predicted octanol–water partition coefficient (Wildman–Crippen LogP) is 1.42. The van der Waals surface area contributed by atoms with Gasteiger partial charge >= 0.3 is 5.69 Å². The van der Waals surface area contributed by atoms with Crippen molar-refractivity contribution < 1.29 is 9.53 Å². The molecule has 2 N–H and O–H groups in total. The standard InChI is InChI=1S/C18H19N5O3/c1-12-10-20-18(25)23-15(11-19-16(12)23)17(24)21-13-2-4-14(5-3-13)22-6-8-26-9-7-22/h2-5,10-11H,6-9H2,1H3,(H,20,25)(H,21,24). The lowest BCUT2D eigenvalue weighted by Gasteiger charge is -2.28. The Balaban J connectivity index is 1.55. The van der Waals surface area contributed by atoms with Crippen molar-refractivity contribution in [1.29, 1.82) is 0 Å². The number of hydrogen-bond donors (Lipinski definition) is 2. The van der Waals surface area contributed by atoms with Crippen LogP contribution < -0.4 is 15.9 Å². The average molecular weight is 353 g/mol. The van der Waals surface area contributed by atoms with Crippen molar-refractivity contribution >= 4 is 22.9 Å². The van der Waals surface area contributed by atoms with Gasteiger partial charge in [-0.2, -0.15) is 0 Å². The van der Waals surface area contributed by atoms with E-state index in [4.69, 9.17) is 4.74 Å². The first kappa shape index (κ1) is 16.3. The molecule has 1 amide bonds. The Kier molecular flexibility index (Phi) is 4.18. The Morgan fingerprint density at radius 1 is 1.23 bits per heavy atom. The lowest BCUT2D eigenvalue weighted by Crippen LogP contribution is -2.36. The number of aryl methyl sites for hydroxylation is 1. The van der Waals surface area contributed by atoms with E-state index >= 15 is 0 Å². The third-order valence-corrected chi connectivity index (χ3v) is 4.46. The molecule has 0 radical (unpaired) electrons. The molecule has 0 atom stereocenters. The van der Waals surface area contributed by atoms with Gasteiger partial charge in [-0.3, -0.25) is 4.79 Å². The summed E-state index contributed by atoms with van der Waals surface area (Å²) in [5.41, 5.74) is 2.82. The van der Waals surface area contributed by atoms with Gasteiger partial charge in [0.2, 0.25) is 0 Å². The molecule has 134 valence electrons. The van der Waals surface area contributed by atoms with Crippen LogP contribution in [0.15, 0.2) is 41.5 Å². The van der Waals surface area contributed by atoms with Gasteiger partial charge in [-0.05, 0) is 31.2 Å². The Morgan fingerprint density at radius 3 is 2.69 bits per heavy atom. The Bertz CT molecular complexity index is 1000. The van der Waals surface area contributed by atoms with E-state index in [9.17, 15) is 9.59 Å². The fourth-order valence-electron chi connectivity index (χ4n) is 3.07. The van der Waals surface area contributed by atoms with Gasteiger partial charge in [0.25, 0.3) is 5.91 Å². The second-order valence-corrected chi connectivity index (χ2v) is 6.18. The summed E-state index contributed by atoms with van der Waals surface area (Å²) >= 11 is 0. The number of carbonyl (C=O) groups excluding carboxylic acids is 1. The van der Waals surface area contributed by atoms with Gasteiger partial charge in [0, 0.05) is 36.2 Å². The van der Waals surface area contributed by atoms with Gasteiger partial charge in [0.15, 0.2) is 0 Å². The monoisotopic (exact) mass is 353 g/mol. The highest BCUT2D eigenvalue weighted by molar-refractivity contribution is 6.03. The Labute approximate surface area is 149 Å². The van der Waals surface area contributed by atoms with Gasteiger partial charge < -0.3 is 19.9 Å². The largest absolute Gasteiger partial charge is 0.378 e. The molecule has 2 aromatic heterocycles. The number of amides is 1. The summed E-state index contributed by atoms with van der Waals surface area (Å²) in [6.07, 6.45) is 2.99. The zero-order chi connectivity index (χ0) is 18.1. The lowest BCUT2D eigenvalue weighted by atomic mass is 10.2. The number of fused-ring (bicyclic) bond motifs is 1. The van der Waals surface area contributed by atoms with E-state index in [0.29, 0.717) is 11.3 Å². The number of nitrogens with zero attached hydrogens (tertiary/aromatic N) is 3. The molecule has 1 saturated heterocycles. The van der Waals surface area contributed by atoms with Crippen LogP contribution in [0.1, 0.15) is 16.1 Å². The number of anilines is 2. The van der Waals surface area contributed by atoms with Crippen LogP contribution in [-0.2, 0) is 4.74 Å². The van der Waals surface area contributed by atoms with Crippen molar-refractivity contribution in [2.75, 3.05) is 36.5 Å². The smallest absolute Gasteiger partial charge is 0.331 e. The first-order valence-corrected chi connectivity index (χ1v) is 8.43. The third-order valence-electron chi connectivity index (χ3n) is 4.46. The molecule has 0 spiro atoms. The first-order valence-electron chi connectivity index (χ1n) is 8.43. The average Bonchev–Trinajstić information content (AvgIpc) is 3.13. The molecule has 8 heteroatoms. The zero-order valence-electron chi connectivity index (χ0n) is 14.4. The minimum Gasteiger partial charge on any atom is -0.378 e. The second kappa shape index (κ2) is 6.64. The van der Waals surface area contributed by atoms with E-state index in [1.54, 1.807) is 6.20 Å². The molecule has 3 heterocycles. The minimum absolute atomic E-state index is 0.196. The highest BCUT2D eigenvalue weighted by Gasteiger charge is 2.16. The number of aromatic amines is 1. The Hall–Kier alpha value is -3.13. The summed E-state index contributed by atoms with van der Waals surface area (Å²) in [7, 11) is 0.